The maximum Gasteiger partial charge on any atom is 0.163 e. The first-order valence-corrected chi connectivity index (χ1v) is 20.0. The number of hydrogen-bond acceptors (Lipinski definition) is 13. The van der Waals surface area contributed by atoms with Crippen LogP contribution in [0.25, 0.3) is 11.3 Å². The number of benzene rings is 2. The number of nitrogens with one attached hydrogen (secondary N) is 5. The maximum atomic E-state index is 11.4. The van der Waals surface area contributed by atoms with E-state index in [1.807, 2.05) is 63.9 Å². The van der Waals surface area contributed by atoms with E-state index in [1.165, 1.54) is 5.56 Å². The number of anilines is 5. The van der Waals surface area contributed by atoms with E-state index in [4.69, 9.17) is 15.1 Å². The van der Waals surface area contributed by atoms with Gasteiger partial charge < -0.3 is 46.8 Å². The summed E-state index contributed by atoms with van der Waals surface area (Å²) in [6, 6.07) is 22.0. The molecule has 0 bridgehead atoms. The van der Waals surface area contributed by atoms with Gasteiger partial charge in [-0.2, -0.15) is 19.2 Å². The van der Waals surface area contributed by atoms with Crippen molar-refractivity contribution >= 4 is 40.3 Å². The van der Waals surface area contributed by atoms with E-state index < -0.39 is 18.3 Å². The molecule has 8 N–H and O–H groups in total. The van der Waals surface area contributed by atoms with Crippen LogP contribution in [-0.2, 0) is 13.1 Å². The molecule has 2 aliphatic heterocycles. The van der Waals surface area contributed by atoms with Gasteiger partial charge in [0.2, 0.25) is 0 Å². The summed E-state index contributed by atoms with van der Waals surface area (Å²) < 4.78 is 3.70. The topological polar surface area (TPSA) is 184 Å². The summed E-state index contributed by atoms with van der Waals surface area (Å²) in [6.07, 6.45) is 2.24. The third-order valence-corrected chi connectivity index (χ3v) is 11.2. The molecule has 6 heterocycles. The highest BCUT2D eigenvalue weighted by Gasteiger charge is 2.35. The molecule has 0 spiro atoms. The molecular weight excluding hydrogens is 721 g/mol. The number of fused-ring (bicyclic) bond motifs is 2. The van der Waals surface area contributed by atoms with Crippen LogP contribution in [0.15, 0.2) is 79.1 Å². The third-order valence-electron chi connectivity index (χ3n) is 11.2. The molecule has 8 rings (SSSR count). The van der Waals surface area contributed by atoms with Crippen LogP contribution < -0.4 is 31.5 Å². The van der Waals surface area contributed by atoms with Crippen molar-refractivity contribution in [2.75, 3.05) is 52.3 Å². The highest BCUT2D eigenvalue weighted by molar-refractivity contribution is 5.64. The van der Waals surface area contributed by atoms with Gasteiger partial charge in [0, 0.05) is 68.2 Å². The number of aliphatic hydroxyl groups excluding tert-OH is 3. The number of para-hydroxylation sites is 1. The standard InChI is InChI=1S/C42H54N12O3/c1-25(2)29-21-49-54-39(16-36(50-41(29)54)44-22-31-40(57)35(56)24-43-31)47-19-28-12-8-9-13-32(28)52-15-14-34(55)33(52)23-45-37-17-38(46-18-27-10-6-5-7-11-27)53-42(51-37)30(20-48-53)26(3)4/h5-13,16-17,20-21,25-26,31,33-35,40,43,46-47,55-57H,14-15,18-19,22-24H2,1-4H3,(H,44,50)(H,45,51)/t31-,33-,34+,35+,40-/m1/s1. The first kappa shape index (κ1) is 38.4. The molecule has 0 aliphatic carbocycles. The Kier molecular flexibility index (Phi) is 11.1. The second-order valence-corrected chi connectivity index (χ2v) is 15.8. The largest absolute Gasteiger partial charge is 0.391 e. The molecule has 0 radical (unpaired) electrons. The number of hydrogen-bond donors (Lipinski definition) is 8. The van der Waals surface area contributed by atoms with E-state index >= 15 is 0 Å². The minimum absolute atomic E-state index is 0.194. The summed E-state index contributed by atoms with van der Waals surface area (Å²) in [4.78, 5) is 12.2. The Morgan fingerprint density at radius 3 is 1.93 bits per heavy atom. The third kappa shape index (κ3) is 8.05. The Morgan fingerprint density at radius 2 is 1.32 bits per heavy atom. The maximum absolute atomic E-state index is 11.4. The van der Waals surface area contributed by atoms with Crippen molar-refractivity contribution in [2.45, 2.75) is 89.4 Å². The molecular formula is C42H54N12O3. The second kappa shape index (κ2) is 16.5. The monoisotopic (exact) mass is 774 g/mol. The lowest BCUT2D eigenvalue weighted by atomic mass is 10.1. The van der Waals surface area contributed by atoms with E-state index in [-0.39, 0.29) is 23.9 Å². The predicted molar refractivity (Wildman–Crippen MR) is 224 cm³/mol. The van der Waals surface area contributed by atoms with E-state index in [2.05, 4.69) is 88.5 Å². The summed E-state index contributed by atoms with van der Waals surface area (Å²) in [7, 11) is 0. The molecule has 0 saturated carbocycles. The minimum atomic E-state index is -0.853. The van der Waals surface area contributed by atoms with E-state index in [0.29, 0.717) is 51.5 Å². The first-order chi connectivity index (χ1) is 27.6. The van der Waals surface area contributed by atoms with E-state index in [1.54, 1.807) is 0 Å². The fourth-order valence-electron chi connectivity index (χ4n) is 7.90. The molecule has 0 unspecified atom stereocenters. The predicted octanol–water partition coefficient (Wildman–Crippen LogP) is 4.40. The van der Waals surface area contributed by atoms with Gasteiger partial charge in [0.05, 0.1) is 42.8 Å². The molecule has 15 heteroatoms. The van der Waals surface area contributed by atoms with Gasteiger partial charge in [-0.25, -0.2) is 9.97 Å². The molecule has 2 fully saturated rings. The first-order valence-electron chi connectivity index (χ1n) is 20.0. The second-order valence-electron chi connectivity index (χ2n) is 15.8. The fourth-order valence-corrected chi connectivity index (χ4v) is 7.90. The number of aromatic nitrogens is 6. The fraction of sp³-hybridized carbons (Fsp3) is 0.429. The van der Waals surface area contributed by atoms with Gasteiger partial charge >= 0.3 is 0 Å². The van der Waals surface area contributed by atoms with Crippen molar-refractivity contribution in [2.24, 2.45) is 0 Å². The van der Waals surface area contributed by atoms with Gasteiger partial charge in [-0.15, -0.1) is 0 Å². The van der Waals surface area contributed by atoms with Gasteiger partial charge in [0.25, 0.3) is 0 Å². The van der Waals surface area contributed by atoms with Crippen molar-refractivity contribution in [3.05, 3.63) is 101 Å². The minimum Gasteiger partial charge on any atom is -0.391 e. The zero-order valence-electron chi connectivity index (χ0n) is 33.0. The average Bonchev–Trinajstić information content (AvgIpc) is 4.00. The number of β-amino-alcohol motifs (C(OH)–C–C–N with tert-alkyl or cyclic N) is 1. The summed E-state index contributed by atoms with van der Waals surface area (Å²) in [6.45, 7) is 11.6. The van der Waals surface area contributed by atoms with Crippen LogP contribution in [0.5, 0.6) is 0 Å². The van der Waals surface area contributed by atoms with Crippen LogP contribution in [0.2, 0.25) is 0 Å². The summed E-state index contributed by atoms with van der Waals surface area (Å²) >= 11 is 0. The number of rotatable bonds is 15. The van der Waals surface area contributed by atoms with Crippen LogP contribution in [0.3, 0.4) is 0 Å². The summed E-state index contributed by atoms with van der Waals surface area (Å²) in [5.41, 5.74) is 6.94. The van der Waals surface area contributed by atoms with Gasteiger partial charge in [-0.3, -0.25) is 0 Å². The molecule has 2 aromatic carbocycles. The summed E-state index contributed by atoms with van der Waals surface area (Å²) in [5.74, 6) is 3.43. The molecule has 2 saturated heterocycles. The Hall–Kier alpha value is -5.48. The van der Waals surface area contributed by atoms with Crippen LogP contribution in [-0.4, -0.2) is 101 Å². The molecule has 57 heavy (non-hydrogen) atoms. The van der Waals surface area contributed by atoms with E-state index in [9.17, 15) is 15.3 Å². The SMILES string of the molecule is CC(C)c1cnn2c(NCc3ccccc3)cc(NC[C@@H]3[C@@H](O)CCN3c3ccccc3CNc3cc(NC[C@H]4NC[C@H](O)[C@@H]4O)nc4c(C(C)C)cnn34)nc12. The Balaban J connectivity index is 1.01. The Bertz CT molecular complexity index is 2290. The molecule has 15 nitrogen and oxygen atoms in total. The smallest absolute Gasteiger partial charge is 0.163 e. The highest BCUT2D eigenvalue weighted by Crippen LogP contribution is 2.32. The molecule has 2 aliphatic rings. The molecule has 6 aromatic rings. The van der Waals surface area contributed by atoms with Crippen LogP contribution in [0, 0.1) is 0 Å². The van der Waals surface area contributed by atoms with Crippen LogP contribution >= 0.6 is 0 Å². The zero-order chi connectivity index (χ0) is 39.6. The molecule has 4 aromatic heterocycles. The van der Waals surface area contributed by atoms with Gasteiger partial charge in [-0.05, 0) is 35.4 Å². The Labute approximate surface area is 332 Å². The normalized spacial score (nSPS) is 21.0. The van der Waals surface area contributed by atoms with Crippen LogP contribution in [0.1, 0.15) is 68.2 Å². The number of nitrogens with zero attached hydrogens (tertiary/aromatic N) is 7. The lowest BCUT2D eigenvalue weighted by Gasteiger charge is -2.30. The molecule has 300 valence electrons. The quantitative estimate of drug-likeness (QED) is 0.0736. The van der Waals surface area contributed by atoms with Crippen molar-refractivity contribution < 1.29 is 15.3 Å². The van der Waals surface area contributed by atoms with Crippen molar-refractivity contribution in [1.29, 1.82) is 0 Å². The van der Waals surface area contributed by atoms with Gasteiger partial charge in [0.1, 0.15) is 23.3 Å². The highest BCUT2D eigenvalue weighted by atomic mass is 16.3. The molecule has 0 amide bonds. The molecule has 5 atom stereocenters. The van der Waals surface area contributed by atoms with Crippen molar-refractivity contribution in [3.8, 4) is 0 Å². The van der Waals surface area contributed by atoms with Crippen molar-refractivity contribution in [1.82, 2.24) is 34.5 Å². The van der Waals surface area contributed by atoms with Crippen molar-refractivity contribution in [3.63, 3.8) is 0 Å². The van der Waals surface area contributed by atoms with Crippen LogP contribution in [0.4, 0.5) is 29.0 Å². The summed E-state index contributed by atoms with van der Waals surface area (Å²) in [5, 5.41) is 58.5. The number of aliphatic hydroxyl groups is 3. The zero-order valence-corrected chi connectivity index (χ0v) is 33.0. The lowest BCUT2D eigenvalue weighted by Crippen LogP contribution is -2.41. The lowest BCUT2D eigenvalue weighted by molar-refractivity contribution is 0.0427. The van der Waals surface area contributed by atoms with Gasteiger partial charge in [-0.1, -0.05) is 76.2 Å². The average molecular weight is 775 g/mol. The van der Waals surface area contributed by atoms with E-state index in [0.717, 1.165) is 51.1 Å². The Morgan fingerprint density at radius 1 is 0.719 bits per heavy atom. The van der Waals surface area contributed by atoms with Gasteiger partial charge in [0.15, 0.2) is 11.3 Å².